The van der Waals surface area contributed by atoms with Gasteiger partial charge in [-0.2, -0.15) is 0 Å². The van der Waals surface area contributed by atoms with Crippen molar-refractivity contribution in [1.29, 1.82) is 0 Å². The molecule has 0 bridgehead atoms. The first-order valence-corrected chi connectivity index (χ1v) is 11.5. The van der Waals surface area contributed by atoms with Gasteiger partial charge in [0.15, 0.2) is 0 Å². The number of amides is 1. The molecule has 2 aromatic carbocycles. The molecule has 2 aromatic rings. The number of carbonyl (C=O) groups excluding carboxylic acids is 1. The second kappa shape index (κ2) is 8.84. The highest BCUT2D eigenvalue weighted by molar-refractivity contribution is 7.92. The maximum Gasteiger partial charge on any atom is 0.253 e. The van der Waals surface area contributed by atoms with Gasteiger partial charge in [-0.1, -0.05) is 23.7 Å². The summed E-state index contributed by atoms with van der Waals surface area (Å²) in [7, 11) is -3.40. The minimum atomic E-state index is -3.40. The smallest absolute Gasteiger partial charge is 0.253 e. The van der Waals surface area contributed by atoms with E-state index in [9.17, 15) is 13.2 Å². The van der Waals surface area contributed by atoms with Crippen molar-refractivity contribution < 1.29 is 13.2 Å². The first kappa shape index (κ1) is 20.5. The van der Waals surface area contributed by atoms with Crippen LogP contribution in [0.2, 0.25) is 5.02 Å². The molecule has 6 nitrogen and oxygen atoms in total. The summed E-state index contributed by atoms with van der Waals surface area (Å²) in [4.78, 5) is 14.8. The van der Waals surface area contributed by atoms with Gasteiger partial charge in [0.25, 0.3) is 5.91 Å². The number of piperidine rings is 1. The van der Waals surface area contributed by atoms with E-state index >= 15 is 0 Å². The largest absolute Gasteiger partial charge is 0.372 e. The lowest BCUT2D eigenvalue weighted by Crippen LogP contribution is -2.29. The third-order valence-corrected chi connectivity index (χ3v) is 5.55. The van der Waals surface area contributed by atoms with Crippen molar-refractivity contribution in [1.82, 2.24) is 5.32 Å². The van der Waals surface area contributed by atoms with Crippen molar-refractivity contribution in [3.63, 3.8) is 0 Å². The lowest BCUT2D eigenvalue weighted by Gasteiger charge is -2.28. The Morgan fingerprint density at radius 2 is 1.75 bits per heavy atom. The van der Waals surface area contributed by atoms with E-state index in [2.05, 4.69) is 27.1 Å². The summed E-state index contributed by atoms with van der Waals surface area (Å²) in [6.07, 6.45) is 4.82. The molecule has 0 unspecified atom stereocenters. The Morgan fingerprint density at radius 3 is 2.36 bits per heavy atom. The molecule has 8 heteroatoms. The molecule has 0 radical (unpaired) electrons. The Morgan fingerprint density at radius 1 is 1.07 bits per heavy atom. The molecule has 0 spiro atoms. The molecule has 2 N–H and O–H groups in total. The van der Waals surface area contributed by atoms with Crippen LogP contribution in [0.1, 0.15) is 35.2 Å². The third-order valence-electron chi connectivity index (χ3n) is 4.63. The maximum atomic E-state index is 12.4. The summed E-state index contributed by atoms with van der Waals surface area (Å²) in [6.45, 7) is 2.58. The van der Waals surface area contributed by atoms with E-state index in [1.165, 1.54) is 43.1 Å². The van der Waals surface area contributed by atoms with Crippen LogP contribution in [0.15, 0.2) is 42.5 Å². The van der Waals surface area contributed by atoms with Crippen LogP contribution in [-0.2, 0) is 16.6 Å². The van der Waals surface area contributed by atoms with Crippen molar-refractivity contribution in [3.05, 3.63) is 58.6 Å². The Hall–Kier alpha value is -2.25. The predicted octanol–water partition coefficient (Wildman–Crippen LogP) is 3.63. The van der Waals surface area contributed by atoms with Gasteiger partial charge in [-0.25, -0.2) is 8.42 Å². The number of nitrogens with zero attached hydrogens (tertiary/aromatic N) is 1. The number of hydrogen-bond acceptors (Lipinski definition) is 4. The summed E-state index contributed by atoms with van der Waals surface area (Å²) < 4.78 is 24.9. The van der Waals surface area contributed by atoms with E-state index in [0.29, 0.717) is 17.8 Å². The second-order valence-corrected chi connectivity index (χ2v) is 9.12. The molecule has 0 aliphatic carbocycles. The van der Waals surface area contributed by atoms with Crippen LogP contribution in [-0.4, -0.2) is 33.7 Å². The van der Waals surface area contributed by atoms with Gasteiger partial charge < -0.3 is 10.2 Å². The summed E-state index contributed by atoms with van der Waals surface area (Å²) in [5.74, 6) is -0.309. The lowest BCUT2D eigenvalue weighted by molar-refractivity contribution is 0.0951. The Kier molecular flexibility index (Phi) is 6.46. The molecule has 1 fully saturated rings. The van der Waals surface area contributed by atoms with Crippen LogP contribution >= 0.6 is 11.6 Å². The molecule has 1 saturated heterocycles. The molecule has 1 heterocycles. The van der Waals surface area contributed by atoms with Crippen LogP contribution in [0.3, 0.4) is 0 Å². The molecule has 0 aromatic heterocycles. The van der Waals surface area contributed by atoms with E-state index in [1.807, 2.05) is 12.1 Å². The molecular weight excluding hydrogens is 398 g/mol. The summed E-state index contributed by atoms with van der Waals surface area (Å²) in [5, 5.41) is 3.03. The zero-order valence-electron chi connectivity index (χ0n) is 15.7. The number of nitrogens with one attached hydrogen (secondary N) is 2. The first-order valence-electron chi connectivity index (χ1n) is 9.21. The van der Waals surface area contributed by atoms with Crippen molar-refractivity contribution in [2.75, 3.05) is 29.0 Å². The third kappa shape index (κ3) is 5.62. The van der Waals surface area contributed by atoms with Crippen LogP contribution in [0.5, 0.6) is 0 Å². The second-order valence-electron chi connectivity index (χ2n) is 6.97. The summed E-state index contributed by atoms with van der Waals surface area (Å²) in [6, 6.07) is 12.7. The zero-order chi connectivity index (χ0) is 20.1. The predicted molar refractivity (Wildman–Crippen MR) is 114 cm³/mol. The number of anilines is 2. The summed E-state index contributed by atoms with van der Waals surface area (Å²) in [5.41, 5.74) is 2.83. The van der Waals surface area contributed by atoms with Gasteiger partial charge in [-0.15, -0.1) is 0 Å². The molecule has 150 valence electrons. The summed E-state index contributed by atoms with van der Waals surface area (Å²) >= 11 is 6.14. The molecule has 0 saturated carbocycles. The lowest BCUT2D eigenvalue weighted by atomic mass is 10.1. The van der Waals surface area contributed by atoms with Crippen LogP contribution in [0.4, 0.5) is 11.4 Å². The highest BCUT2D eigenvalue weighted by atomic mass is 35.5. The fourth-order valence-electron chi connectivity index (χ4n) is 3.23. The standard InChI is InChI=1S/C20H24ClN3O3S/c1-28(26,27)23-16-7-10-18(19(21)13-16)20(25)22-14-15-5-8-17(9-6-15)24-11-3-2-4-12-24/h5-10,13,23H,2-4,11-12,14H2,1H3,(H,22,25). The maximum absolute atomic E-state index is 12.4. The van der Waals surface area contributed by atoms with E-state index in [-0.39, 0.29) is 10.9 Å². The monoisotopic (exact) mass is 421 g/mol. The normalized spacial score (nSPS) is 14.6. The highest BCUT2D eigenvalue weighted by Gasteiger charge is 2.13. The van der Waals surface area contributed by atoms with Gasteiger partial charge >= 0.3 is 0 Å². The average molecular weight is 422 g/mol. The van der Waals surface area contributed by atoms with Gasteiger partial charge in [-0.05, 0) is 55.2 Å². The minimum Gasteiger partial charge on any atom is -0.372 e. The number of halogens is 1. The Labute approximate surface area is 170 Å². The first-order chi connectivity index (χ1) is 13.3. The van der Waals surface area contributed by atoms with Gasteiger partial charge in [-0.3, -0.25) is 9.52 Å². The van der Waals surface area contributed by atoms with Crippen molar-refractivity contribution in [2.45, 2.75) is 25.8 Å². The number of rotatable bonds is 6. The van der Waals surface area contributed by atoms with Crippen molar-refractivity contribution in [2.24, 2.45) is 0 Å². The molecule has 1 aliphatic heterocycles. The van der Waals surface area contributed by atoms with E-state index < -0.39 is 10.0 Å². The Bertz CT molecular complexity index is 940. The number of sulfonamides is 1. The minimum absolute atomic E-state index is 0.187. The van der Waals surface area contributed by atoms with Crippen LogP contribution in [0.25, 0.3) is 0 Å². The quantitative estimate of drug-likeness (QED) is 0.746. The van der Waals surface area contributed by atoms with Gasteiger partial charge in [0.2, 0.25) is 10.0 Å². The average Bonchev–Trinajstić information content (AvgIpc) is 2.66. The Balaban J connectivity index is 1.59. The SMILES string of the molecule is CS(=O)(=O)Nc1ccc(C(=O)NCc2ccc(N3CCCCC3)cc2)c(Cl)c1. The molecular formula is C20H24ClN3O3S. The van der Waals surface area contributed by atoms with Crippen molar-refractivity contribution >= 4 is 38.9 Å². The number of hydrogen-bond donors (Lipinski definition) is 2. The molecule has 28 heavy (non-hydrogen) atoms. The van der Waals surface area contributed by atoms with Crippen molar-refractivity contribution in [3.8, 4) is 0 Å². The molecule has 1 amide bonds. The van der Waals surface area contributed by atoms with Gasteiger partial charge in [0, 0.05) is 31.0 Å². The fourth-order valence-corrected chi connectivity index (χ4v) is 4.05. The highest BCUT2D eigenvalue weighted by Crippen LogP contribution is 2.22. The molecule has 1 aliphatic rings. The van der Waals surface area contributed by atoms with Gasteiger partial charge in [0.1, 0.15) is 0 Å². The number of benzene rings is 2. The molecule has 0 atom stereocenters. The van der Waals surface area contributed by atoms with Gasteiger partial charge in [0.05, 0.1) is 16.8 Å². The molecule has 3 rings (SSSR count). The van der Waals surface area contributed by atoms with Crippen LogP contribution < -0.4 is 14.9 Å². The van der Waals surface area contributed by atoms with E-state index in [4.69, 9.17) is 11.6 Å². The fraction of sp³-hybridized carbons (Fsp3) is 0.350. The van der Waals surface area contributed by atoms with E-state index in [1.54, 1.807) is 0 Å². The van der Waals surface area contributed by atoms with Crippen LogP contribution in [0, 0.1) is 0 Å². The zero-order valence-corrected chi connectivity index (χ0v) is 17.3. The van der Waals surface area contributed by atoms with E-state index in [0.717, 1.165) is 24.9 Å². The topological polar surface area (TPSA) is 78.5 Å². The number of carbonyl (C=O) groups is 1.